The fourth-order valence-corrected chi connectivity index (χ4v) is 3.07. The highest BCUT2D eigenvalue weighted by atomic mass is 32.3. The lowest BCUT2D eigenvalue weighted by Crippen LogP contribution is -2.26. The van der Waals surface area contributed by atoms with Crippen LogP contribution in [0.4, 0.5) is 9.57 Å². The number of carbonyl (C=O) groups excluding carboxylic acids is 1. The zero-order valence-electron chi connectivity index (χ0n) is 10.7. The highest BCUT2D eigenvalue weighted by molar-refractivity contribution is 7.87. The lowest BCUT2D eigenvalue weighted by atomic mass is 10.2. The van der Waals surface area contributed by atoms with Crippen LogP contribution in [0.1, 0.15) is 6.42 Å². The minimum absolute atomic E-state index is 0.157. The predicted octanol–water partition coefficient (Wildman–Crippen LogP) is 0.978. The summed E-state index contributed by atoms with van der Waals surface area (Å²) in [6.07, 6.45) is 1.33. The third-order valence-corrected chi connectivity index (χ3v) is 4.62. The van der Waals surface area contributed by atoms with Crippen molar-refractivity contribution in [3.05, 3.63) is 24.5 Å². The van der Waals surface area contributed by atoms with Gasteiger partial charge in [-0.1, -0.05) is 0 Å². The quantitative estimate of drug-likeness (QED) is 0.775. The van der Waals surface area contributed by atoms with Crippen LogP contribution in [0.2, 0.25) is 0 Å². The van der Waals surface area contributed by atoms with Crippen LogP contribution in [0.15, 0.2) is 24.5 Å². The van der Waals surface area contributed by atoms with E-state index in [2.05, 4.69) is 4.98 Å². The van der Waals surface area contributed by atoms with Gasteiger partial charge in [0.15, 0.2) is 0 Å². The molecule has 1 atom stereocenters. The summed E-state index contributed by atoms with van der Waals surface area (Å²) >= 11 is 0. The highest BCUT2D eigenvalue weighted by Gasteiger charge is 2.39. The molecule has 0 bridgehead atoms. The van der Waals surface area contributed by atoms with E-state index in [0.29, 0.717) is 11.2 Å². The zero-order valence-corrected chi connectivity index (χ0v) is 11.5. The molecule has 1 aromatic carbocycles. The van der Waals surface area contributed by atoms with E-state index in [0.717, 1.165) is 5.52 Å². The van der Waals surface area contributed by atoms with Crippen molar-refractivity contribution < 1.29 is 17.1 Å². The number of hydrogen-bond donors (Lipinski definition) is 0. The molecular formula is C12H12FN3O3S. The number of rotatable bonds is 2. The van der Waals surface area contributed by atoms with E-state index in [4.69, 9.17) is 0 Å². The Kier molecular flexibility index (Phi) is 2.79. The van der Waals surface area contributed by atoms with E-state index >= 15 is 0 Å². The Labute approximate surface area is 115 Å². The zero-order chi connectivity index (χ0) is 14.5. The molecule has 1 saturated heterocycles. The molecule has 8 heteroatoms. The Hall–Kier alpha value is -1.96. The average Bonchev–Trinajstić information content (AvgIpc) is 2.93. The molecule has 1 unspecified atom stereocenters. The Morgan fingerprint density at radius 1 is 1.40 bits per heavy atom. The highest BCUT2D eigenvalue weighted by Crippen LogP contribution is 2.28. The Morgan fingerprint density at radius 3 is 2.80 bits per heavy atom. The smallest absolute Gasteiger partial charge is 0.307 e. The molecule has 0 spiro atoms. The number of carbonyl (C=O) groups is 1. The molecule has 1 fully saturated rings. The summed E-state index contributed by atoms with van der Waals surface area (Å²) in [5.74, 6) is -0.397. The number of anilines is 1. The van der Waals surface area contributed by atoms with Crippen molar-refractivity contribution in [3.63, 3.8) is 0 Å². The number of nitrogens with zero attached hydrogens (tertiary/aromatic N) is 3. The van der Waals surface area contributed by atoms with E-state index in [1.165, 1.54) is 4.90 Å². The van der Waals surface area contributed by atoms with Crippen molar-refractivity contribution >= 4 is 32.9 Å². The number of halogens is 1. The number of aromatic nitrogens is 2. The largest absolute Gasteiger partial charge is 0.334 e. The van der Waals surface area contributed by atoms with Crippen LogP contribution >= 0.6 is 0 Å². The van der Waals surface area contributed by atoms with Crippen LogP contribution < -0.4 is 4.90 Å². The van der Waals surface area contributed by atoms with Crippen molar-refractivity contribution in [1.82, 2.24) is 9.55 Å². The van der Waals surface area contributed by atoms with Crippen molar-refractivity contribution in [2.45, 2.75) is 11.7 Å². The van der Waals surface area contributed by atoms with Crippen molar-refractivity contribution in [2.75, 3.05) is 11.4 Å². The monoisotopic (exact) mass is 297 g/mol. The van der Waals surface area contributed by atoms with Gasteiger partial charge in [0.2, 0.25) is 5.91 Å². The second kappa shape index (κ2) is 4.27. The van der Waals surface area contributed by atoms with E-state index in [9.17, 15) is 17.1 Å². The minimum Gasteiger partial charge on any atom is -0.334 e. The first-order chi connectivity index (χ1) is 9.36. The third-order valence-electron chi connectivity index (χ3n) is 3.51. The van der Waals surface area contributed by atoms with E-state index in [1.807, 2.05) is 11.6 Å². The lowest BCUT2D eigenvalue weighted by Gasteiger charge is -2.16. The molecule has 0 saturated carbocycles. The molecule has 1 aliphatic rings. The first kappa shape index (κ1) is 13.0. The van der Waals surface area contributed by atoms with Gasteiger partial charge in [-0.15, -0.1) is 3.89 Å². The first-order valence-electron chi connectivity index (χ1n) is 6.01. The van der Waals surface area contributed by atoms with Crippen LogP contribution in [0.3, 0.4) is 0 Å². The van der Waals surface area contributed by atoms with Crippen LogP contribution in [0.5, 0.6) is 0 Å². The van der Waals surface area contributed by atoms with Crippen LogP contribution in [-0.2, 0) is 22.1 Å². The molecule has 1 aromatic heterocycles. The molecule has 6 nitrogen and oxygen atoms in total. The van der Waals surface area contributed by atoms with Gasteiger partial charge in [-0.05, 0) is 18.2 Å². The molecule has 20 heavy (non-hydrogen) atoms. The topological polar surface area (TPSA) is 72.3 Å². The molecule has 0 aliphatic carbocycles. The van der Waals surface area contributed by atoms with Gasteiger partial charge in [0.1, 0.15) is 5.25 Å². The minimum atomic E-state index is -4.70. The van der Waals surface area contributed by atoms with Gasteiger partial charge in [-0.2, -0.15) is 8.42 Å². The van der Waals surface area contributed by atoms with Gasteiger partial charge in [-0.3, -0.25) is 4.79 Å². The van der Waals surface area contributed by atoms with Gasteiger partial charge >= 0.3 is 10.2 Å². The number of hydrogen-bond acceptors (Lipinski definition) is 4. The summed E-state index contributed by atoms with van der Waals surface area (Å²) in [6, 6.07) is 5.19. The average molecular weight is 297 g/mol. The number of amides is 1. The van der Waals surface area contributed by atoms with Crippen molar-refractivity contribution in [1.29, 1.82) is 0 Å². The molecule has 0 radical (unpaired) electrons. The fourth-order valence-electron chi connectivity index (χ4n) is 2.41. The molecule has 0 N–H and O–H groups in total. The lowest BCUT2D eigenvalue weighted by molar-refractivity contribution is -0.117. The Balaban J connectivity index is 1.97. The van der Waals surface area contributed by atoms with Crippen LogP contribution in [-0.4, -0.2) is 35.7 Å². The van der Waals surface area contributed by atoms with Crippen LogP contribution in [0.25, 0.3) is 11.0 Å². The maximum atomic E-state index is 13.0. The molecule has 1 amide bonds. The first-order valence-corrected chi connectivity index (χ1v) is 7.46. The van der Waals surface area contributed by atoms with Crippen molar-refractivity contribution in [2.24, 2.45) is 7.05 Å². The van der Waals surface area contributed by atoms with Gasteiger partial charge in [-0.25, -0.2) is 4.98 Å². The molecular weight excluding hydrogens is 285 g/mol. The standard InChI is InChI=1S/C12H12FN3O3S/c1-15-7-14-10-4-8(2-3-11(10)15)16-6-9(5-12(16)17)20(13,18)19/h2-4,7,9H,5-6H2,1H3. The molecule has 2 aromatic rings. The van der Waals surface area contributed by atoms with Gasteiger partial charge in [0.25, 0.3) is 0 Å². The molecule has 1 aliphatic heterocycles. The van der Waals surface area contributed by atoms with E-state index in [-0.39, 0.29) is 13.0 Å². The third kappa shape index (κ3) is 2.05. The summed E-state index contributed by atoms with van der Waals surface area (Å²) in [6.45, 7) is -0.157. The molecule has 3 rings (SSSR count). The second-order valence-electron chi connectivity index (χ2n) is 4.83. The number of imidazole rings is 1. The summed E-state index contributed by atoms with van der Waals surface area (Å²) in [7, 11) is -2.85. The van der Waals surface area contributed by atoms with Gasteiger partial charge in [0, 0.05) is 25.7 Å². The maximum absolute atomic E-state index is 13.0. The van der Waals surface area contributed by atoms with Gasteiger partial charge in [0.05, 0.1) is 17.4 Å². The Bertz CT molecular complexity index is 799. The van der Waals surface area contributed by atoms with Crippen molar-refractivity contribution in [3.8, 4) is 0 Å². The summed E-state index contributed by atoms with van der Waals surface area (Å²) in [4.78, 5) is 17.3. The number of fused-ring (bicyclic) bond motifs is 1. The summed E-state index contributed by atoms with van der Waals surface area (Å²) in [5.41, 5.74) is 2.13. The normalized spacial score (nSPS) is 20.0. The Morgan fingerprint density at radius 2 is 2.15 bits per heavy atom. The van der Waals surface area contributed by atoms with E-state index < -0.39 is 21.4 Å². The summed E-state index contributed by atoms with van der Waals surface area (Å²) < 4.78 is 36.6. The summed E-state index contributed by atoms with van der Waals surface area (Å²) in [5, 5.41) is -1.28. The fraction of sp³-hybridized carbons (Fsp3) is 0.333. The predicted molar refractivity (Wildman–Crippen MR) is 71.5 cm³/mol. The van der Waals surface area contributed by atoms with Gasteiger partial charge < -0.3 is 9.47 Å². The second-order valence-corrected chi connectivity index (χ2v) is 6.45. The molecule has 2 heterocycles. The SMILES string of the molecule is Cn1cnc2cc(N3CC(S(=O)(=O)F)CC3=O)ccc21. The van der Waals surface area contributed by atoms with E-state index in [1.54, 1.807) is 24.5 Å². The number of benzene rings is 1. The maximum Gasteiger partial charge on any atom is 0.307 e. The number of aryl methyl sites for hydroxylation is 1. The molecule has 106 valence electrons. The van der Waals surface area contributed by atoms with Crippen LogP contribution in [0, 0.1) is 0 Å².